The maximum absolute atomic E-state index is 12.4. The Labute approximate surface area is 129 Å². The molecule has 1 saturated heterocycles. The fourth-order valence-corrected chi connectivity index (χ4v) is 4.18. The first-order valence-corrected chi connectivity index (χ1v) is 8.47. The molecule has 2 heterocycles. The number of fused-ring (bicyclic) bond motifs is 1. The monoisotopic (exact) mass is 323 g/mol. The standard InChI is InChI=1S/C14H17N3O4S/c1-15-6-8-16(9-7-15)13(18)10-17-14(19)11-4-2-3-5-12(11)22(17,20)21/h2-5H,6-10H2,1H3. The maximum atomic E-state index is 12.4. The number of carbonyl (C=O) groups is 2. The number of nitrogens with zero attached hydrogens (tertiary/aromatic N) is 3. The average Bonchev–Trinajstić information content (AvgIpc) is 2.69. The highest BCUT2D eigenvalue weighted by atomic mass is 32.2. The van der Waals surface area contributed by atoms with Crippen LogP contribution in [0.2, 0.25) is 0 Å². The third-order valence-electron chi connectivity index (χ3n) is 4.05. The highest BCUT2D eigenvalue weighted by molar-refractivity contribution is 7.90. The third-order valence-corrected chi connectivity index (χ3v) is 5.83. The average molecular weight is 323 g/mol. The summed E-state index contributed by atoms with van der Waals surface area (Å²) in [7, 11) is -1.95. The lowest BCUT2D eigenvalue weighted by atomic mass is 10.2. The van der Waals surface area contributed by atoms with Crippen LogP contribution in [0.3, 0.4) is 0 Å². The van der Waals surface area contributed by atoms with Crippen molar-refractivity contribution < 1.29 is 18.0 Å². The number of sulfonamides is 1. The number of piperazine rings is 1. The quantitative estimate of drug-likeness (QED) is 0.740. The van der Waals surface area contributed by atoms with E-state index < -0.39 is 22.5 Å². The third kappa shape index (κ3) is 2.38. The van der Waals surface area contributed by atoms with Crippen LogP contribution in [0.15, 0.2) is 29.2 Å². The van der Waals surface area contributed by atoms with E-state index in [1.807, 2.05) is 7.05 Å². The van der Waals surface area contributed by atoms with E-state index in [1.165, 1.54) is 12.1 Å². The molecule has 0 aliphatic carbocycles. The number of hydrogen-bond acceptors (Lipinski definition) is 5. The topological polar surface area (TPSA) is 78.0 Å². The highest BCUT2D eigenvalue weighted by Crippen LogP contribution is 2.29. The first kappa shape index (κ1) is 15.0. The molecular weight excluding hydrogens is 306 g/mol. The van der Waals surface area contributed by atoms with Crippen LogP contribution in [0.25, 0.3) is 0 Å². The molecule has 22 heavy (non-hydrogen) atoms. The molecule has 118 valence electrons. The van der Waals surface area contributed by atoms with Gasteiger partial charge in [0, 0.05) is 26.2 Å². The number of carbonyl (C=O) groups excluding carboxylic acids is 2. The second kappa shape index (κ2) is 5.36. The Kier molecular flexibility index (Phi) is 3.65. The predicted octanol–water partition coefficient (Wildman–Crippen LogP) is -0.395. The van der Waals surface area contributed by atoms with Crippen LogP contribution in [0.1, 0.15) is 10.4 Å². The molecule has 3 rings (SSSR count). The molecule has 0 saturated carbocycles. The number of amides is 2. The molecule has 2 aliphatic rings. The number of benzene rings is 1. The minimum Gasteiger partial charge on any atom is -0.339 e. The highest BCUT2D eigenvalue weighted by Gasteiger charge is 2.42. The molecule has 2 aliphatic heterocycles. The summed E-state index contributed by atoms with van der Waals surface area (Å²) in [4.78, 5) is 28.2. The van der Waals surface area contributed by atoms with Gasteiger partial charge >= 0.3 is 0 Å². The van der Waals surface area contributed by atoms with Gasteiger partial charge in [-0.3, -0.25) is 9.59 Å². The van der Waals surface area contributed by atoms with Crippen molar-refractivity contribution in [2.45, 2.75) is 4.90 Å². The summed E-state index contributed by atoms with van der Waals surface area (Å²) in [6.07, 6.45) is 0. The molecule has 0 atom stereocenters. The first-order chi connectivity index (χ1) is 10.4. The molecular formula is C14H17N3O4S. The van der Waals surface area contributed by atoms with E-state index in [2.05, 4.69) is 4.90 Å². The van der Waals surface area contributed by atoms with Gasteiger partial charge in [-0.2, -0.15) is 0 Å². The Balaban J connectivity index is 1.79. The second-order valence-electron chi connectivity index (χ2n) is 5.50. The number of rotatable bonds is 2. The van der Waals surface area contributed by atoms with Crippen molar-refractivity contribution in [2.24, 2.45) is 0 Å². The minimum absolute atomic E-state index is 0.0221. The summed E-state index contributed by atoms with van der Waals surface area (Å²) >= 11 is 0. The van der Waals surface area contributed by atoms with Gasteiger partial charge in [-0.15, -0.1) is 0 Å². The van der Waals surface area contributed by atoms with Gasteiger partial charge in [0.15, 0.2) is 0 Å². The molecule has 0 aromatic heterocycles. The van der Waals surface area contributed by atoms with Crippen molar-refractivity contribution in [3.05, 3.63) is 29.8 Å². The van der Waals surface area contributed by atoms with E-state index in [-0.39, 0.29) is 16.4 Å². The lowest BCUT2D eigenvalue weighted by molar-refractivity contribution is -0.132. The Hall–Kier alpha value is -1.93. The van der Waals surface area contributed by atoms with Gasteiger partial charge in [0.1, 0.15) is 11.4 Å². The number of hydrogen-bond donors (Lipinski definition) is 0. The lowest BCUT2D eigenvalue weighted by Crippen LogP contribution is -2.50. The fourth-order valence-electron chi connectivity index (χ4n) is 2.67. The van der Waals surface area contributed by atoms with E-state index >= 15 is 0 Å². The zero-order valence-corrected chi connectivity index (χ0v) is 13.0. The van der Waals surface area contributed by atoms with Crippen molar-refractivity contribution in [1.82, 2.24) is 14.1 Å². The van der Waals surface area contributed by atoms with Crippen LogP contribution >= 0.6 is 0 Å². The molecule has 1 aromatic carbocycles. The van der Waals surface area contributed by atoms with Crippen molar-refractivity contribution in [3.63, 3.8) is 0 Å². The van der Waals surface area contributed by atoms with E-state index in [0.717, 1.165) is 13.1 Å². The molecule has 0 N–H and O–H groups in total. The van der Waals surface area contributed by atoms with Gasteiger partial charge in [-0.05, 0) is 19.2 Å². The number of likely N-dealkylation sites (N-methyl/N-ethyl adjacent to an activating group) is 1. The predicted molar refractivity (Wildman–Crippen MR) is 78.7 cm³/mol. The van der Waals surface area contributed by atoms with Crippen LogP contribution in [-0.4, -0.2) is 74.1 Å². The second-order valence-corrected chi connectivity index (χ2v) is 7.33. The summed E-state index contributed by atoms with van der Waals surface area (Å²) < 4.78 is 25.5. The summed E-state index contributed by atoms with van der Waals surface area (Å²) in [5.41, 5.74) is 0.133. The zero-order chi connectivity index (χ0) is 15.9. The van der Waals surface area contributed by atoms with Crippen molar-refractivity contribution in [2.75, 3.05) is 39.8 Å². The molecule has 0 radical (unpaired) electrons. The van der Waals surface area contributed by atoms with Gasteiger partial charge in [0.2, 0.25) is 5.91 Å². The largest absolute Gasteiger partial charge is 0.339 e. The van der Waals surface area contributed by atoms with Crippen molar-refractivity contribution in [3.8, 4) is 0 Å². The molecule has 1 fully saturated rings. The minimum atomic E-state index is -3.91. The van der Waals surface area contributed by atoms with E-state index in [0.29, 0.717) is 17.4 Å². The molecule has 2 amide bonds. The Morgan fingerprint density at radius 2 is 1.77 bits per heavy atom. The normalized spacial score (nSPS) is 21.0. The van der Waals surface area contributed by atoms with Crippen LogP contribution in [0, 0.1) is 0 Å². The van der Waals surface area contributed by atoms with Gasteiger partial charge in [-0.25, -0.2) is 12.7 Å². The van der Waals surface area contributed by atoms with Gasteiger partial charge in [0.05, 0.1) is 5.56 Å². The molecule has 0 bridgehead atoms. The Bertz CT molecular complexity index is 723. The SMILES string of the molecule is CN1CCN(C(=O)CN2C(=O)c3ccccc3S2(=O)=O)CC1. The molecule has 8 heteroatoms. The molecule has 1 aromatic rings. The molecule has 7 nitrogen and oxygen atoms in total. The maximum Gasteiger partial charge on any atom is 0.269 e. The Morgan fingerprint density at radius 3 is 2.41 bits per heavy atom. The first-order valence-electron chi connectivity index (χ1n) is 7.03. The lowest BCUT2D eigenvalue weighted by Gasteiger charge is -2.33. The van der Waals surface area contributed by atoms with Gasteiger partial charge in [-0.1, -0.05) is 12.1 Å². The Morgan fingerprint density at radius 1 is 1.14 bits per heavy atom. The van der Waals surface area contributed by atoms with E-state index in [1.54, 1.807) is 17.0 Å². The molecule has 0 unspecified atom stereocenters. The van der Waals surface area contributed by atoms with Crippen LogP contribution in [0.4, 0.5) is 0 Å². The van der Waals surface area contributed by atoms with Crippen molar-refractivity contribution in [1.29, 1.82) is 0 Å². The van der Waals surface area contributed by atoms with Gasteiger partial charge < -0.3 is 9.80 Å². The van der Waals surface area contributed by atoms with Crippen LogP contribution in [-0.2, 0) is 14.8 Å². The zero-order valence-electron chi connectivity index (χ0n) is 12.2. The van der Waals surface area contributed by atoms with Crippen LogP contribution in [0.5, 0.6) is 0 Å². The fraction of sp³-hybridized carbons (Fsp3) is 0.429. The van der Waals surface area contributed by atoms with Crippen LogP contribution < -0.4 is 0 Å². The van der Waals surface area contributed by atoms with Crippen molar-refractivity contribution >= 4 is 21.8 Å². The van der Waals surface area contributed by atoms with E-state index in [4.69, 9.17) is 0 Å². The summed E-state index contributed by atoms with van der Waals surface area (Å²) in [5, 5.41) is 0. The summed E-state index contributed by atoms with van der Waals surface area (Å²) in [6, 6.07) is 6.03. The summed E-state index contributed by atoms with van der Waals surface area (Å²) in [5.74, 6) is -0.962. The molecule has 0 spiro atoms. The van der Waals surface area contributed by atoms with Gasteiger partial charge in [0.25, 0.3) is 15.9 Å². The smallest absolute Gasteiger partial charge is 0.269 e. The van der Waals surface area contributed by atoms with E-state index in [9.17, 15) is 18.0 Å². The summed E-state index contributed by atoms with van der Waals surface area (Å²) in [6.45, 7) is 2.15.